The molecule has 0 fully saturated rings. The van der Waals surface area contributed by atoms with Gasteiger partial charge < -0.3 is 15.6 Å². The van der Waals surface area contributed by atoms with E-state index < -0.39 is 0 Å². The lowest BCUT2D eigenvalue weighted by Gasteiger charge is -2.14. The molecule has 0 bridgehead atoms. The van der Waals surface area contributed by atoms with Gasteiger partial charge in [0.2, 0.25) is 17.7 Å². The summed E-state index contributed by atoms with van der Waals surface area (Å²) in [6, 6.07) is 72.2. The van der Waals surface area contributed by atoms with Crippen LogP contribution in [0.1, 0.15) is 0 Å². The van der Waals surface area contributed by atoms with Crippen LogP contribution in [0.4, 0.5) is 27.7 Å². The summed E-state index contributed by atoms with van der Waals surface area (Å²) in [6.45, 7) is 0. The van der Waals surface area contributed by atoms with Crippen molar-refractivity contribution in [3.05, 3.63) is 247 Å². The molecule has 0 saturated carbocycles. The number of anilines is 4. The summed E-state index contributed by atoms with van der Waals surface area (Å²) < 4.78 is 23.2. The fourth-order valence-electron chi connectivity index (χ4n) is 8.07. The predicted molar refractivity (Wildman–Crippen MR) is 311 cm³/mol. The van der Waals surface area contributed by atoms with Gasteiger partial charge in [0.05, 0.1) is 58.8 Å². The van der Waals surface area contributed by atoms with Gasteiger partial charge in [0, 0.05) is 30.5 Å². The van der Waals surface area contributed by atoms with Crippen LogP contribution < -0.4 is 10.6 Å². The number of hydrogen-bond acceptors (Lipinski definition) is 5. The van der Waals surface area contributed by atoms with Crippen LogP contribution in [0, 0.1) is 5.82 Å². The van der Waals surface area contributed by atoms with Crippen molar-refractivity contribution in [3.63, 3.8) is 0 Å². The Balaban J connectivity index is 0.000000116. The Hall–Kier alpha value is -6.88. The smallest absolute Gasteiger partial charge is 0.220 e. The number of benzene rings is 9. The molecule has 13 rings (SSSR count). The molecule has 15 heteroatoms. The zero-order chi connectivity index (χ0) is 49.6. The van der Waals surface area contributed by atoms with Crippen molar-refractivity contribution in [3.8, 4) is 11.4 Å². The first-order valence-corrected chi connectivity index (χ1v) is 26.4. The van der Waals surface area contributed by atoms with Gasteiger partial charge in [-0.25, -0.2) is 19.3 Å². The molecule has 72 heavy (non-hydrogen) atoms. The molecule has 0 spiro atoms. The van der Waals surface area contributed by atoms with Gasteiger partial charge in [0.1, 0.15) is 0 Å². The summed E-state index contributed by atoms with van der Waals surface area (Å²) in [7, 11) is 0. The minimum atomic E-state index is -0.252. The number of halogens is 6. The highest BCUT2D eigenvalue weighted by Gasteiger charge is 2.19. The number of nitrogens with one attached hydrogen (secondary N) is 3. The summed E-state index contributed by atoms with van der Waals surface area (Å²) in [5, 5.41) is 6.65. The fourth-order valence-corrected chi connectivity index (χ4v) is 11.0. The third-order valence-corrected chi connectivity index (χ3v) is 14.4. The second-order valence-corrected chi connectivity index (χ2v) is 20.2. The zero-order valence-corrected chi connectivity index (χ0v) is 45.7. The molecule has 354 valence electrons. The van der Waals surface area contributed by atoms with E-state index in [1.165, 1.54) is 0 Å². The first-order chi connectivity index (χ1) is 35.2. The molecule has 9 aromatic carbocycles. The normalized spacial score (nSPS) is 10.9. The molecule has 0 radical (unpaired) electrons. The van der Waals surface area contributed by atoms with E-state index >= 15 is 0 Å². The largest absolute Gasteiger partial charge is 0.326 e. The summed E-state index contributed by atoms with van der Waals surface area (Å²) in [5.41, 5.74) is 12.6. The molecule has 0 aliphatic rings. The van der Waals surface area contributed by atoms with E-state index in [9.17, 15) is 4.39 Å². The highest BCUT2D eigenvalue weighted by Crippen LogP contribution is 2.36. The Bertz CT molecular complexity index is 3900. The molecule has 4 aromatic heterocycles. The van der Waals surface area contributed by atoms with Crippen LogP contribution in [-0.2, 0) is 0 Å². The molecule has 9 nitrogen and oxygen atoms in total. The molecule has 4 heterocycles. The summed E-state index contributed by atoms with van der Waals surface area (Å²) in [4.78, 5) is 17.3. The van der Waals surface area contributed by atoms with Crippen LogP contribution in [0.3, 0.4) is 0 Å². The molecule has 0 saturated heterocycles. The van der Waals surface area contributed by atoms with Crippen LogP contribution in [0.2, 0.25) is 0 Å². The Morgan fingerprint density at radius 1 is 0.403 bits per heavy atom. The van der Waals surface area contributed by atoms with Crippen molar-refractivity contribution in [1.29, 1.82) is 0 Å². The van der Waals surface area contributed by atoms with E-state index in [1.54, 1.807) is 18.2 Å². The number of aromatic amines is 1. The zero-order valence-electron chi connectivity index (χ0n) is 37.7. The molecule has 0 amide bonds. The number of aromatic nitrogens is 7. The highest BCUT2D eigenvalue weighted by molar-refractivity contribution is 9.11. The third kappa shape index (κ3) is 10.5. The summed E-state index contributed by atoms with van der Waals surface area (Å²) >= 11 is 17.1. The van der Waals surface area contributed by atoms with E-state index in [1.807, 2.05) is 133 Å². The number of H-pyrrole nitrogens is 1. The lowest BCUT2D eigenvalue weighted by Crippen LogP contribution is -2.03. The minimum Gasteiger partial charge on any atom is -0.326 e. The maximum Gasteiger partial charge on any atom is 0.220 e. The number of nitrogens with zero attached hydrogens (tertiary/aromatic N) is 6. The third-order valence-electron chi connectivity index (χ3n) is 11.3. The standard InChI is InChI=1S/C19H13Br2N3.C19H12BrN3.C13H11N3.C6H3Br2F/c20-14-9-6-10-15(21)18(14)24-17-12-5-4-11-16(17)23-19(24)22-13-7-2-1-3-8-13;20-14-9-6-12-17-18(14)23-16-11-5-4-10-15(16)21-19(23)22(17)13-7-2-1-3-8-13;1-2-6-10(7-3-1)14-13-15-11-8-4-5-9-12(11)16-13;7-4-2-1-3-5(8)6(4)9/h1-12H,(H,22,23);1-12H;1-9H,(H2,14,15,16);1-3H. The van der Waals surface area contributed by atoms with E-state index in [0.29, 0.717) is 8.95 Å². The molecule has 3 N–H and O–H groups in total. The SMILES string of the molecule is Brc1cccc(Br)c1-n1c(Nc2ccccc2)nc2ccccc21.Brc1cccc2c1n1c3ccccc3nc1n2-c1ccccc1.Fc1c(Br)cccc1Br.c1ccc(Nc2nc3ccccc3[nH]2)cc1. The Labute approximate surface area is 455 Å². The molecule has 13 aromatic rings. The van der Waals surface area contributed by atoms with Gasteiger partial charge in [-0.05, 0) is 189 Å². The maximum absolute atomic E-state index is 12.6. The number of para-hydroxylation sites is 11. The minimum absolute atomic E-state index is 0.252. The van der Waals surface area contributed by atoms with Crippen molar-refractivity contribution < 1.29 is 4.39 Å². The van der Waals surface area contributed by atoms with E-state index in [0.717, 1.165) is 98.0 Å². The molecule has 0 aliphatic heterocycles. The monoisotopic (exact) mass is 1260 g/mol. The predicted octanol–water partition coefficient (Wildman–Crippen LogP) is 18.1. The van der Waals surface area contributed by atoms with Crippen LogP contribution >= 0.6 is 79.6 Å². The van der Waals surface area contributed by atoms with Gasteiger partial charge >= 0.3 is 0 Å². The lowest BCUT2D eigenvalue weighted by molar-refractivity contribution is 0.614. The second-order valence-electron chi connectivity index (χ2n) is 16.0. The number of fused-ring (bicyclic) bond motifs is 7. The molecule has 0 aliphatic carbocycles. The lowest BCUT2D eigenvalue weighted by atomic mass is 10.2. The van der Waals surface area contributed by atoms with Crippen molar-refractivity contribution in [2.24, 2.45) is 0 Å². The van der Waals surface area contributed by atoms with Gasteiger partial charge in [-0.1, -0.05) is 109 Å². The number of hydrogen-bond donors (Lipinski definition) is 3. The molecular formula is C57H39Br5FN9. The summed E-state index contributed by atoms with van der Waals surface area (Å²) in [6.07, 6.45) is 0. The van der Waals surface area contributed by atoms with E-state index in [4.69, 9.17) is 9.97 Å². The van der Waals surface area contributed by atoms with Gasteiger partial charge in [-0.3, -0.25) is 13.5 Å². The maximum atomic E-state index is 12.6. The Morgan fingerprint density at radius 2 is 0.889 bits per heavy atom. The number of rotatable bonds is 6. The van der Waals surface area contributed by atoms with Crippen molar-refractivity contribution in [1.82, 2.24) is 33.5 Å². The Morgan fingerprint density at radius 3 is 1.51 bits per heavy atom. The average molecular weight is 1270 g/mol. The first-order valence-electron chi connectivity index (χ1n) is 22.4. The first kappa shape index (κ1) is 48.7. The van der Waals surface area contributed by atoms with E-state index in [2.05, 4.69) is 181 Å². The topological polar surface area (TPSA) is 92.8 Å². The van der Waals surface area contributed by atoms with Gasteiger partial charge in [0.15, 0.2) is 5.82 Å². The van der Waals surface area contributed by atoms with Crippen molar-refractivity contribution >= 4 is 153 Å². The van der Waals surface area contributed by atoms with Crippen molar-refractivity contribution in [2.75, 3.05) is 10.6 Å². The highest BCUT2D eigenvalue weighted by atomic mass is 79.9. The quantitative estimate of drug-likeness (QED) is 0.144. The summed E-state index contributed by atoms with van der Waals surface area (Å²) in [5.74, 6) is 2.22. The Kier molecular flexibility index (Phi) is 15.1. The van der Waals surface area contributed by atoms with Gasteiger partial charge in [0.25, 0.3) is 0 Å². The molecule has 0 unspecified atom stereocenters. The molecule has 0 atom stereocenters. The van der Waals surface area contributed by atoms with Gasteiger partial charge in [-0.2, -0.15) is 0 Å². The average Bonchev–Trinajstić information content (AvgIpc) is 4.17. The van der Waals surface area contributed by atoms with Crippen molar-refractivity contribution in [2.45, 2.75) is 0 Å². The van der Waals surface area contributed by atoms with Crippen LogP contribution in [0.5, 0.6) is 0 Å². The number of imidazole rings is 4. The van der Waals surface area contributed by atoms with Crippen LogP contribution in [0.25, 0.3) is 61.3 Å². The molecular weight excluding hydrogens is 1230 g/mol. The second kappa shape index (κ2) is 22.3. The fraction of sp³-hybridized carbons (Fsp3) is 0. The van der Waals surface area contributed by atoms with Crippen LogP contribution in [0.15, 0.2) is 241 Å². The van der Waals surface area contributed by atoms with E-state index in [-0.39, 0.29) is 5.82 Å². The van der Waals surface area contributed by atoms with Gasteiger partial charge in [-0.15, -0.1) is 0 Å². The van der Waals surface area contributed by atoms with Crippen LogP contribution in [-0.4, -0.2) is 33.5 Å².